The second-order valence-corrected chi connectivity index (χ2v) is 8.32. The van der Waals surface area contributed by atoms with Crippen LogP contribution >= 0.6 is 23.1 Å². The molecule has 1 amide bonds. The number of para-hydroxylation sites is 1. The summed E-state index contributed by atoms with van der Waals surface area (Å²) in [4.78, 5) is 20.8. The molecule has 0 unspecified atom stereocenters. The molecular weight excluding hydrogens is 348 g/mol. The van der Waals surface area contributed by atoms with Crippen LogP contribution in [0.2, 0.25) is 0 Å². The molecule has 0 bridgehead atoms. The lowest BCUT2D eigenvalue weighted by Crippen LogP contribution is -2.31. The fourth-order valence-electron chi connectivity index (χ4n) is 3.45. The molecule has 1 aliphatic rings. The summed E-state index contributed by atoms with van der Waals surface area (Å²) in [6.45, 7) is 2.97. The molecule has 2 aromatic heterocycles. The first-order valence-corrected chi connectivity index (χ1v) is 10.4. The van der Waals surface area contributed by atoms with Crippen LogP contribution in [0.1, 0.15) is 29.3 Å². The van der Waals surface area contributed by atoms with Gasteiger partial charge in [0.15, 0.2) is 0 Å². The normalized spacial score (nSPS) is 17.3. The molecule has 4 rings (SSSR count). The summed E-state index contributed by atoms with van der Waals surface area (Å²) < 4.78 is 0. The van der Waals surface area contributed by atoms with Crippen LogP contribution in [0.5, 0.6) is 0 Å². The Labute approximate surface area is 156 Å². The maximum Gasteiger partial charge on any atom is 0.233 e. The van der Waals surface area contributed by atoms with Crippen molar-refractivity contribution < 1.29 is 4.79 Å². The lowest BCUT2D eigenvalue weighted by Gasteiger charge is -2.23. The summed E-state index contributed by atoms with van der Waals surface area (Å²) >= 11 is 3.29. The molecule has 5 heteroatoms. The molecule has 0 N–H and O–H groups in total. The number of pyridine rings is 1. The summed E-state index contributed by atoms with van der Waals surface area (Å²) in [7, 11) is 0. The Hall–Kier alpha value is -1.85. The number of carbonyl (C=O) groups excluding carboxylic acids is 1. The minimum absolute atomic E-state index is 0.216. The van der Waals surface area contributed by atoms with Gasteiger partial charge in [0.2, 0.25) is 5.91 Å². The first kappa shape index (κ1) is 16.6. The van der Waals surface area contributed by atoms with Crippen LogP contribution in [-0.4, -0.2) is 28.1 Å². The number of thioether (sulfide) groups is 1. The minimum atomic E-state index is 0.216. The molecule has 0 radical (unpaired) electrons. The zero-order valence-corrected chi connectivity index (χ0v) is 15.8. The van der Waals surface area contributed by atoms with E-state index in [1.807, 2.05) is 23.1 Å². The first-order valence-electron chi connectivity index (χ1n) is 8.54. The van der Waals surface area contributed by atoms with Crippen molar-refractivity contribution >= 4 is 39.9 Å². The molecule has 0 saturated carbocycles. The molecule has 3 heterocycles. The van der Waals surface area contributed by atoms with Crippen molar-refractivity contribution in [2.45, 2.75) is 30.8 Å². The van der Waals surface area contributed by atoms with E-state index in [2.05, 4.69) is 36.6 Å². The van der Waals surface area contributed by atoms with Crippen molar-refractivity contribution in [2.75, 3.05) is 12.3 Å². The van der Waals surface area contributed by atoms with Crippen molar-refractivity contribution in [3.63, 3.8) is 0 Å². The molecule has 1 atom stereocenters. The lowest BCUT2D eigenvalue weighted by molar-refractivity contribution is -0.129. The van der Waals surface area contributed by atoms with Crippen LogP contribution in [0.3, 0.4) is 0 Å². The van der Waals surface area contributed by atoms with E-state index in [1.165, 1.54) is 15.8 Å². The number of benzene rings is 1. The van der Waals surface area contributed by atoms with Crippen LogP contribution < -0.4 is 0 Å². The number of fused-ring (bicyclic) bond motifs is 1. The van der Waals surface area contributed by atoms with Crippen molar-refractivity contribution in [1.82, 2.24) is 9.88 Å². The smallest absolute Gasteiger partial charge is 0.233 e. The van der Waals surface area contributed by atoms with E-state index < -0.39 is 0 Å². The van der Waals surface area contributed by atoms with Crippen molar-refractivity contribution in [3.05, 3.63) is 58.3 Å². The summed E-state index contributed by atoms with van der Waals surface area (Å²) in [5.41, 5.74) is 2.20. The number of aryl methyl sites for hydroxylation is 1. The van der Waals surface area contributed by atoms with Crippen molar-refractivity contribution in [3.8, 4) is 0 Å². The van der Waals surface area contributed by atoms with Gasteiger partial charge in [-0.2, -0.15) is 0 Å². The maximum absolute atomic E-state index is 12.8. The van der Waals surface area contributed by atoms with E-state index in [0.29, 0.717) is 5.75 Å². The third kappa shape index (κ3) is 3.44. The quantitative estimate of drug-likeness (QED) is 0.604. The second kappa shape index (κ2) is 7.18. The number of amides is 1. The van der Waals surface area contributed by atoms with Gasteiger partial charge in [-0.25, -0.2) is 4.98 Å². The largest absolute Gasteiger partial charge is 0.334 e. The Balaban J connectivity index is 1.47. The van der Waals surface area contributed by atoms with Gasteiger partial charge in [-0.15, -0.1) is 11.3 Å². The van der Waals surface area contributed by atoms with Gasteiger partial charge in [-0.1, -0.05) is 36.0 Å². The Morgan fingerprint density at radius 3 is 3.04 bits per heavy atom. The zero-order valence-electron chi connectivity index (χ0n) is 14.1. The number of carbonyl (C=O) groups is 1. The van der Waals surface area contributed by atoms with Gasteiger partial charge >= 0.3 is 0 Å². The highest BCUT2D eigenvalue weighted by molar-refractivity contribution is 7.99. The Morgan fingerprint density at radius 1 is 1.32 bits per heavy atom. The summed E-state index contributed by atoms with van der Waals surface area (Å²) in [5.74, 6) is 0.667. The predicted octanol–water partition coefficient (Wildman–Crippen LogP) is 5.06. The van der Waals surface area contributed by atoms with Gasteiger partial charge < -0.3 is 4.90 Å². The molecule has 1 fully saturated rings. The summed E-state index contributed by atoms with van der Waals surface area (Å²) in [5, 5.41) is 4.19. The van der Waals surface area contributed by atoms with Crippen LogP contribution in [0.4, 0.5) is 0 Å². The SMILES string of the molecule is Cc1cc(SCC(=O)N2CCC[C@H]2c2cccs2)nc2ccccc12. The van der Waals surface area contributed by atoms with E-state index in [9.17, 15) is 4.79 Å². The van der Waals surface area contributed by atoms with Gasteiger partial charge in [-0.05, 0) is 48.9 Å². The number of hydrogen-bond acceptors (Lipinski definition) is 4. The molecule has 25 heavy (non-hydrogen) atoms. The van der Waals surface area contributed by atoms with Crippen LogP contribution in [-0.2, 0) is 4.79 Å². The highest BCUT2D eigenvalue weighted by atomic mass is 32.2. The molecule has 3 nitrogen and oxygen atoms in total. The van der Waals surface area contributed by atoms with Gasteiger partial charge in [-0.3, -0.25) is 4.79 Å². The second-order valence-electron chi connectivity index (χ2n) is 6.34. The highest BCUT2D eigenvalue weighted by Crippen LogP contribution is 2.35. The van der Waals surface area contributed by atoms with E-state index in [1.54, 1.807) is 23.1 Å². The minimum Gasteiger partial charge on any atom is -0.334 e. The average molecular weight is 369 g/mol. The molecule has 0 spiro atoms. The summed E-state index contributed by atoms with van der Waals surface area (Å²) in [6.07, 6.45) is 2.16. The molecule has 1 aliphatic heterocycles. The molecule has 1 aromatic carbocycles. The van der Waals surface area contributed by atoms with Gasteiger partial charge in [0.05, 0.1) is 22.3 Å². The standard InChI is InChI=1S/C20H20N2OS2/c1-14-12-19(21-16-7-3-2-6-15(14)16)25-13-20(23)22-10-4-8-17(22)18-9-5-11-24-18/h2-3,5-7,9,11-12,17H,4,8,10,13H2,1H3/t17-/m0/s1. The Kier molecular flexibility index (Phi) is 4.77. The number of hydrogen-bond donors (Lipinski definition) is 0. The average Bonchev–Trinajstić information content (AvgIpc) is 3.30. The molecule has 3 aromatic rings. The van der Waals surface area contributed by atoms with Crippen molar-refractivity contribution in [2.24, 2.45) is 0 Å². The van der Waals surface area contributed by atoms with Crippen LogP contribution in [0.25, 0.3) is 10.9 Å². The molecular formula is C20H20N2OS2. The fourth-order valence-corrected chi connectivity index (χ4v) is 5.19. The van der Waals surface area contributed by atoms with E-state index in [0.717, 1.165) is 29.9 Å². The number of likely N-dealkylation sites (tertiary alicyclic amines) is 1. The summed E-state index contributed by atoms with van der Waals surface area (Å²) in [6, 6.07) is 14.7. The van der Waals surface area contributed by atoms with Crippen LogP contribution in [0.15, 0.2) is 52.9 Å². The predicted molar refractivity (Wildman–Crippen MR) is 105 cm³/mol. The highest BCUT2D eigenvalue weighted by Gasteiger charge is 2.30. The van der Waals surface area contributed by atoms with Crippen molar-refractivity contribution in [1.29, 1.82) is 0 Å². The third-order valence-corrected chi connectivity index (χ3v) is 6.56. The Morgan fingerprint density at radius 2 is 2.20 bits per heavy atom. The van der Waals surface area contributed by atoms with Gasteiger partial charge in [0, 0.05) is 16.8 Å². The number of thiophene rings is 1. The molecule has 128 valence electrons. The number of rotatable bonds is 4. The van der Waals surface area contributed by atoms with Gasteiger partial charge in [0.1, 0.15) is 0 Å². The Bertz CT molecular complexity index is 892. The zero-order chi connectivity index (χ0) is 17.2. The first-order chi connectivity index (χ1) is 12.2. The van der Waals surface area contributed by atoms with E-state index in [-0.39, 0.29) is 11.9 Å². The fraction of sp³-hybridized carbons (Fsp3) is 0.300. The molecule has 0 aliphatic carbocycles. The number of nitrogens with zero attached hydrogens (tertiary/aromatic N) is 2. The third-order valence-electron chi connectivity index (χ3n) is 4.69. The monoisotopic (exact) mass is 368 g/mol. The molecule has 1 saturated heterocycles. The van der Waals surface area contributed by atoms with E-state index >= 15 is 0 Å². The van der Waals surface area contributed by atoms with E-state index in [4.69, 9.17) is 4.98 Å². The van der Waals surface area contributed by atoms with Crippen LogP contribution in [0, 0.1) is 6.92 Å². The van der Waals surface area contributed by atoms with Gasteiger partial charge in [0.25, 0.3) is 0 Å². The topological polar surface area (TPSA) is 33.2 Å². The maximum atomic E-state index is 12.8. The lowest BCUT2D eigenvalue weighted by atomic mass is 10.1. The number of aromatic nitrogens is 1.